The fourth-order valence-corrected chi connectivity index (χ4v) is 3.50. The van der Waals surface area contributed by atoms with Crippen molar-refractivity contribution in [1.29, 1.82) is 0 Å². The normalized spacial score (nSPS) is 10.9. The second-order valence-corrected chi connectivity index (χ2v) is 7.62. The van der Waals surface area contributed by atoms with Crippen LogP contribution >= 0.6 is 12.2 Å². The summed E-state index contributed by atoms with van der Waals surface area (Å²) in [7, 11) is 1.85. The van der Waals surface area contributed by atoms with Gasteiger partial charge in [-0.1, -0.05) is 49.4 Å². The molecule has 2 heterocycles. The quantitative estimate of drug-likeness (QED) is 0.435. The van der Waals surface area contributed by atoms with E-state index in [4.69, 9.17) is 17.3 Å². The van der Waals surface area contributed by atoms with Crippen molar-refractivity contribution in [1.82, 2.24) is 29.9 Å². The van der Waals surface area contributed by atoms with Crippen LogP contribution in [-0.2, 0) is 19.9 Å². The lowest BCUT2D eigenvalue weighted by Crippen LogP contribution is -2.26. The van der Waals surface area contributed by atoms with Crippen molar-refractivity contribution in [2.24, 2.45) is 7.05 Å². The molecule has 0 radical (unpaired) electrons. The summed E-state index contributed by atoms with van der Waals surface area (Å²) in [6, 6.07) is 17.9. The second kappa shape index (κ2) is 9.09. The number of benzene rings is 2. The number of nitrogens with zero attached hydrogens (tertiary/aromatic N) is 4. The third-order valence-corrected chi connectivity index (χ3v) is 5.59. The van der Waals surface area contributed by atoms with Crippen molar-refractivity contribution in [3.63, 3.8) is 0 Å². The van der Waals surface area contributed by atoms with E-state index < -0.39 is 0 Å². The molecule has 158 valence electrons. The van der Waals surface area contributed by atoms with Gasteiger partial charge in [0.15, 0.2) is 4.77 Å². The maximum Gasteiger partial charge on any atom is 0.255 e. The van der Waals surface area contributed by atoms with Gasteiger partial charge in [0.2, 0.25) is 0 Å². The van der Waals surface area contributed by atoms with Crippen molar-refractivity contribution in [2.45, 2.75) is 19.8 Å². The average Bonchev–Trinajstić information content (AvgIpc) is 3.39. The smallest absolute Gasteiger partial charge is 0.255 e. The first-order valence-electron chi connectivity index (χ1n) is 10.2. The highest BCUT2D eigenvalue weighted by Crippen LogP contribution is 2.24. The largest absolute Gasteiger partial charge is 0.351 e. The zero-order chi connectivity index (χ0) is 21.8. The van der Waals surface area contributed by atoms with Crippen LogP contribution in [0.5, 0.6) is 0 Å². The van der Waals surface area contributed by atoms with E-state index in [1.54, 1.807) is 15.4 Å². The number of hydrogen-bond acceptors (Lipinski definition) is 4. The van der Waals surface area contributed by atoms with Crippen LogP contribution in [0, 0.1) is 4.77 Å². The Morgan fingerprint density at radius 3 is 2.52 bits per heavy atom. The average molecular weight is 433 g/mol. The summed E-state index contributed by atoms with van der Waals surface area (Å²) in [6.07, 6.45) is 3.31. The van der Waals surface area contributed by atoms with Gasteiger partial charge < -0.3 is 9.88 Å². The number of carbonyl (C=O) groups excluding carboxylic acids is 1. The molecule has 7 nitrogen and oxygen atoms in total. The molecule has 0 aliphatic carbocycles. The number of rotatable bonds is 7. The molecule has 2 aromatic heterocycles. The summed E-state index contributed by atoms with van der Waals surface area (Å²) >= 11 is 5.14. The van der Waals surface area contributed by atoms with Gasteiger partial charge in [-0.05, 0) is 36.3 Å². The molecule has 2 aromatic carbocycles. The molecule has 0 saturated heterocycles. The van der Waals surface area contributed by atoms with E-state index in [1.807, 2.05) is 49.5 Å². The number of H-pyrrole nitrogens is 1. The number of aromatic nitrogens is 5. The van der Waals surface area contributed by atoms with Crippen LogP contribution in [0.1, 0.15) is 28.7 Å². The van der Waals surface area contributed by atoms with Crippen LogP contribution in [0.2, 0.25) is 0 Å². The van der Waals surface area contributed by atoms with Gasteiger partial charge in [0, 0.05) is 31.8 Å². The monoisotopic (exact) mass is 432 g/mol. The predicted octanol–water partition coefficient (Wildman–Crippen LogP) is 3.87. The Bertz CT molecular complexity index is 1240. The van der Waals surface area contributed by atoms with E-state index in [0.717, 1.165) is 23.5 Å². The third-order valence-electron chi connectivity index (χ3n) is 5.22. The zero-order valence-corrected chi connectivity index (χ0v) is 18.3. The van der Waals surface area contributed by atoms with Crippen LogP contribution < -0.4 is 5.32 Å². The molecular formula is C23H24N6OS. The summed E-state index contributed by atoms with van der Waals surface area (Å²) in [5, 5.41) is 14.7. The minimum atomic E-state index is -0.173. The molecule has 4 rings (SSSR count). The molecule has 0 spiro atoms. The lowest BCUT2D eigenvalue weighted by atomic mass is 10.0. The minimum absolute atomic E-state index is 0.173. The molecule has 4 aromatic rings. The Morgan fingerprint density at radius 2 is 1.87 bits per heavy atom. The first-order valence-corrected chi connectivity index (χ1v) is 10.6. The van der Waals surface area contributed by atoms with E-state index in [0.29, 0.717) is 29.0 Å². The maximum atomic E-state index is 13.1. The summed E-state index contributed by atoms with van der Waals surface area (Å²) in [6.45, 7) is 2.56. The zero-order valence-electron chi connectivity index (χ0n) is 17.5. The molecule has 31 heavy (non-hydrogen) atoms. The fraction of sp³-hybridized carbons (Fsp3) is 0.217. The summed E-state index contributed by atoms with van der Waals surface area (Å²) in [4.78, 5) is 13.1. The Morgan fingerprint density at radius 1 is 1.13 bits per heavy atom. The van der Waals surface area contributed by atoms with Crippen molar-refractivity contribution in [2.75, 3.05) is 6.54 Å². The van der Waals surface area contributed by atoms with Gasteiger partial charge in [-0.3, -0.25) is 9.89 Å². The van der Waals surface area contributed by atoms with E-state index in [2.05, 4.69) is 34.6 Å². The Hall–Kier alpha value is -3.52. The van der Waals surface area contributed by atoms with Gasteiger partial charge in [0.1, 0.15) is 11.5 Å². The molecule has 0 bridgehead atoms. The van der Waals surface area contributed by atoms with Crippen LogP contribution in [0.15, 0.2) is 60.8 Å². The number of nitrogens with one attached hydrogen (secondary N) is 2. The number of para-hydroxylation sites is 1. The molecular weight excluding hydrogens is 408 g/mol. The van der Waals surface area contributed by atoms with Gasteiger partial charge in [0.05, 0.1) is 11.3 Å². The van der Waals surface area contributed by atoms with Gasteiger partial charge in [0.25, 0.3) is 5.91 Å². The molecule has 2 N–H and O–H groups in total. The van der Waals surface area contributed by atoms with E-state index >= 15 is 0 Å². The van der Waals surface area contributed by atoms with E-state index in [9.17, 15) is 4.79 Å². The molecule has 1 amide bonds. The van der Waals surface area contributed by atoms with Gasteiger partial charge in [-0.25, -0.2) is 4.68 Å². The van der Waals surface area contributed by atoms with Crippen LogP contribution in [0.4, 0.5) is 0 Å². The number of aryl methyl sites for hydroxylation is 1. The van der Waals surface area contributed by atoms with E-state index in [-0.39, 0.29) is 5.91 Å². The van der Waals surface area contributed by atoms with Crippen molar-refractivity contribution < 1.29 is 4.79 Å². The minimum Gasteiger partial charge on any atom is -0.351 e. The Labute approximate surface area is 185 Å². The predicted molar refractivity (Wildman–Crippen MR) is 123 cm³/mol. The van der Waals surface area contributed by atoms with E-state index in [1.165, 1.54) is 5.56 Å². The molecule has 0 aliphatic heterocycles. The first-order chi connectivity index (χ1) is 15.1. The maximum absolute atomic E-state index is 13.1. The summed E-state index contributed by atoms with van der Waals surface area (Å²) < 4.78 is 4.11. The van der Waals surface area contributed by atoms with Gasteiger partial charge in [-0.2, -0.15) is 10.2 Å². The first kappa shape index (κ1) is 20.7. The van der Waals surface area contributed by atoms with Gasteiger partial charge >= 0.3 is 0 Å². The topological polar surface area (TPSA) is 80.5 Å². The number of amides is 1. The van der Waals surface area contributed by atoms with Crippen molar-refractivity contribution in [3.8, 4) is 16.9 Å². The number of aromatic amines is 1. The summed E-state index contributed by atoms with van der Waals surface area (Å²) in [5.74, 6) is 0.620. The Kier molecular flexibility index (Phi) is 6.08. The highest BCUT2D eigenvalue weighted by atomic mass is 32.1. The molecule has 0 unspecified atom stereocenters. The molecule has 0 atom stereocenters. The molecule has 8 heteroatoms. The molecule has 0 saturated carbocycles. The standard InChI is InChI=1S/C23H24N6OS/c1-3-16-9-11-17(12-10-16)21-19(15-29(27-21)18-7-5-4-6-8-18)22(30)24-14-13-20-25-26-23(31)28(20)2/h4-12,15H,3,13-14H2,1-2H3,(H,24,30)(H,26,31). The Balaban J connectivity index is 1.60. The molecule has 0 aliphatic rings. The second-order valence-electron chi connectivity index (χ2n) is 7.23. The fourth-order valence-electron chi connectivity index (χ4n) is 3.35. The number of hydrogen-bond donors (Lipinski definition) is 2. The SMILES string of the molecule is CCc1ccc(-c2nn(-c3ccccc3)cc2C(=O)NCCc2n[nH]c(=S)n2C)cc1. The molecule has 0 fully saturated rings. The van der Waals surface area contributed by atoms with Crippen LogP contribution in [0.25, 0.3) is 16.9 Å². The summed E-state index contributed by atoms with van der Waals surface area (Å²) in [5.41, 5.74) is 4.23. The highest BCUT2D eigenvalue weighted by Gasteiger charge is 2.18. The lowest BCUT2D eigenvalue weighted by Gasteiger charge is -2.06. The van der Waals surface area contributed by atoms with Crippen molar-refractivity contribution in [3.05, 3.63) is 82.5 Å². The van der Waals surface area contributed by atoms with Gasteiger partial charge in [-0.15, -0.1) is 0 Å². The number of carbonyl (C=O) groups is 1. The van der Waals surface area contributed by atoms with Crippen molar-refractivity contribution >= 4 is 18.1 Å². The van der Waals surface area contributed by atoms with Crippen LogP contribution in [-0.4, -0.2) is 37.0 Å². The van der Waals surface area contributed by atoms with Crippen LogP contribution in [0.3, 0.4) is 0 Å². The highest BCUT2D eigenvalue weighted by molar-refractivity contribution is 7.71. The lowest BCUT2D eigenvalue weighted by molar-refractivity contribution is 0.0954. The third kappa shape index (κ3) is 4.49.